The van der Waals surface area contributed by atoms with E-state index in [1.165, 1.54) is 231 Å². The fourth-order valence-electron chi connectivity index (χ4n) is 9.34. The van der Waals surface area contributed by atoms with Gasteiger partial charge in [-0.05, 0) is 57.8 Å². The first kappa shape index (κ1) is 65.3. The Labute approximate surface area is 418 Å². The Morgan fingerprint density at radius 1 is 0.403 bits per heavy atom. The lowest BCUT2D eigenvalue weighted by atomic mass is 10.0. The molecule has 6 nitrogen and oxygen atoms in total. The molecule has 0 aromatic heterocycles. The number of hydrogen-bond donors (Lipinski definition) is 3. The van der Waals surface area contributed by atoms with Crippen LogP contribution in [-0.2, 0) is 14.3 Å². The van der Waals surface area contributed by atoms with Crippen molar-refractivity contribution in [2.45, 2.75) is 341 Å². The summed E-state index contributed by atoms with van der Waals surface area (Å²) in [6.45, 7) is 4.88. The van der Waals surface area contributed by atoms with Gasteiger partial charge in [-0.3, -0.25) is 9.59 Å². The summed E-state index contributed by atoms with van der Waals surface area (Å²) in [5.74, 6) is -0.106. The molecule has 0 spiro atoms. The molecule has 6 heteroatoms. The lowest BCUT2D eigenvalue weighted by Crippen LogP contribution is -2.45. The molecule has 0 aromatic rings. The van der Waals surface area contributed by atoms with Gasteiger partial charge in [0.05, 0.1) is 25.4 Å². The number of unbranched alkanes of at least 4 members (excludes halogenated alkanes) is 43. The van der Waals surface area contributed by atoms with Crippen LogP contribution in [0.1, 0.15) is 328 Å². The van der Waals surface area contributed by atoms with Gasteiger partial charge in [-0.25, -0.2) is 0 Å². The largest absolute Gasteiger partial charge is 0.466 e. The number of ether oxygens (including phenoxy) is 1. The summed E-state index contributed by atoms with van der Waals surface area (Å²) in [7, 11) is 0. The monoisotopic (exact) mass is 944 g/mol. The highest BCUT2D eigenvalue weighted by Crippen LogP contribution is 2.17. The molecule has 67 heavy (non-hydrogen) atoms. The molecule has 0 saturated carbocycles. The molecule has 3 N–H and O–H groups in total. The number of esters is 1. The Morgan fingerprint density at radius 2 is 0.701 bits per heavy atom. The summed E-state index contributed by atoms with van der Waals surface area (Å²) in [5, 5.41) is 23.2. The maximum Gasteiger partial charge on any atom is 0.305 e. The van der Waals surface area contributed by atoms with Crippen LogP contribution in [0.4, 0.5) is 0 Å². The first-order chi connectivity index (χ1) is 33.0. The molecular weight excluding hydrogens is 827 g/mol. The third-order valence-electron chi connectivity index (χ3n) is 14.0. The van der Waals surface area contributed by atoms with Crippen molar-refractivity contribution < 1.29 is 24.5 Å². The fourth-order valence-corrected chi connectivity index (χ4v) is 9.34. The summed E-state index contributed by atoms with van der Waals surface area (Å²) in [5.41, 5.74) is 0. The van der Waals surface area contributed by atoms with E-state index in [0.29, 0.717) is 19.4 Å². The second-order valence-electron chi connectivity index (χ2n) is 20.7. The van der Waals surface area contributed by atoms with Crippen molar-refractivity contribution in [3.63, 3.8) is 0 Å². The van der Waals surface area contributed by atoms with E-state index in [-0.39, 0.29) is 18.5 Å². The van der Waals surface area contributed by atoms with Crippen molar-refractivity contribution in [1.29, 1.82) is 0 Å². The topological polar surface area (TPSA) is 95.9 Å². The smallest absolute Gasteiger partial charge is 0.305 e. The van der Waals surface area contributed by atoms with Crippen LogP contribution in [0.5, 0.6) is 0 Å². The Balaban J connectivity index is 3.51. The van der Waals surface area contributed by atoms with Gasteiger partial charge in [0.15, 0.2) is 0 Å². The average molecular weight is 945 g/mol. The third kappa shape index (κ3) is 53.5. The molecule has 0 radical (unpaired) electrons. The normalized spacial score (nSPS) is 12.7. The molecule has 0 aliphatic heterocycles. The quantitative estimate of drug-likeness (QED) is 0.0321. The van der Waals surface area contributed by atoms with E-state index < -0.39 is 12.1 Å². The second kappa shape index (κ2) is 56.9. The third-order valence-corrected chi connectivity index (χ3v) is 14.0. The van der Waals surface area contributed by atoms with Gasteiger partial charge >= 0.3 is 5.97 Å². The van der Waals surface area contributed by atoms with Crippen molar-refractivity contribution >= 4 is 11.9 Å². The van der Waals surface area contributed by atoms with E-state index in [1.807, 2.05) is 6.08 Å². The van der Waals surface area contributed by atoms with Gasteiger partial charge in [-0.15, -0.1) is 0 Å². The van der Waals surface area contributed by atoms with Crippen LogP contribution in [0, 0.1) is 0 Å². The molecular formula is C61H117NO5. The fraction of sp³-hybridized carbons (Fsp3) is 0.902. The van der Waals surface area contributed by atoms with E-state index in [0.717, 1.165) is 70.6 Å². The van der Waals surface area contributed by atoms with E-state index in [4.69, 9.17) is 4.74 Å². The zero-order valence-corrected chi connectivity index (χ0v) is 45.1. The standard InChI is InChI=1S/C61H117NO5/c1-3-5-7-9-11-13-15-17-19-20-21-22-23-24-25-26-27-29-33-37-41-45-49-53-59(64)58(57-63)62-60(65)54-50-46-42-38-34-30-28-32-36-40-44-48-52-56-67-61(66)55-51-47-43-39-35-31-18-16-14-12-10-8-6-4-2/h30,34,49,53,58-59,63-64H,3-29,31-33,35-48,50-52,54-57H2,1-2H3,(H,62,65)/b34-30-,53-49+. The maximum absolute atomic E-state index is 12.5. The van der Waals surface area contributed by atoms with Crippen LogP contribution in [0.25, 0.3) is 0 Å². The Hall–Kier alpha value is -1.66. The molecule has 0 fully saturated rings. The minimum absolute atomic E-state index is 0.0111. The van der Waals surface area contributed by atoms with E-state index in [1.54, 1.807) is 6.08 Å². The summed E-state index contributed by atoms with van der Waals surface area (Å²) >= 11 is 0. The zero-order valence-electron chi connectivity index (χ0n) is 45.1. The lowest BCUT2D eigenvalue weighted by Gasteiger charge is -2.19. The second-order valence-corrected chi connectivity index (χ2v) is 20.7. The molecule has 396 valence electrons. The molecule has 1 amide bonds. The molecule has 0 saturated heterocycles. The lowest BCUT2D eigenvalue weighted by molar-refractivity contribution is -0.143. The number of hydrogen-bond acceptors (Lipinski definition) is 5. The van der Waals surface area contributed by atoms with Gasteiger partial charge in [0.25, 0.3) is 0 Å². The average Bonchev–Trinajstić information content (AvgIpc) is 3.33. The number of amides is 1. The van der Waals surface area contributed by atoms with Crippen LogP contribution in [0.15, 0.2) is 24.3 Å². The van der Waals surface area contributed by atoms with Gasteiger partial charge in [0, 0.05) is 12.8 Å². The summed E-state index contributed by atoms with van der Waals surface area (Å²) in [6, 6.07) is -0.649. The van der Waals surface area contributed by atoms with Crippen molar-refractivity contribution in [2.24, 2.45) is 0 Å². The first-order valence-corrected chi connectivity index (χ1v) is 30.1. The molecule has 2 unspecified atom stereocenters. The molecule has 0 heterocycles. The molecule has 2 atom stereocenters. The summed E-state index contributed by atoms with van der Waals surface area (Å²) < 4.78 is 5.46. The number of rotatable bonds is 56. The van der Waals surface area contributed by atoms with E-state index >= 15 is 0 Å². The Morgan fingerprint density at radius 3 is 1.07 bits per heavy atom. The SMILES string of the molecule is CCCCCCCCCCCCCCCCCCCCCCC/C=C/C(O)C(CO)NC(=O)CCCCC/C=C\CCCCCCCCOC(=O)CCCCCCCCCCCCCCCC. The number of aliphatic hydroxyl groups excluding tert-OH is 2. The highest BCUT2D eigenvalue weighted by Gasteiger charge is 2.18. The van der Waals surface area contributed by atoms with Crippen LogP contribution in [0.2, 0.25) is 0 Å². The van der Waals surface area contributed by atoms with Crippen molar-refractivity contribution in [1.82, 2.24) is 5.32 Å². The van der Waals surface area contributed by atoms with Gasteiger partial charge in [0.2, 0.25) is 5.91 Å². The predicted octanol–water partition coefficient (Wildman–Crippen LogP) is 18.6. The van der Waals surface area contributed by atoms with Crippen molar-refractivity contribution in [3.8, 4) is 0 Å². The number of nitrogens with one attached hydrogen (secondary N) is 1. The van der Waals surface area contributed by atoms with Gasteiger partial charge < -0.3 is 20.3 Å². The molecule has 0 bridgehead atoms. The molecule has 0 aliphatic rings. The highest BCUT2D eigenvalue weighted by atomic mass is 16.5. The van der Waals surface area contributed by atoms with Crippen molar-refractivity contribution in [2.75, 3.05) is 13.2 Å². The van der Waals surface area contributed by atoms with Crippen LogP contribution in [-0.4, -0.2) is 47.4 Å². The van der Waals surface area contributed by atoms with Crippen molar-refractivity contribution in [3.05, 3.63) is 24.3 Å². The zero-order chi connectivity index (χ0) is 48.6. The van der Waals surface area contributed by atoms with E-state index in [9.17, 15) is 19.8 Å². The summed E-state index contributed by atoms with van der Waals surface area (Å²) in [4.78, 5) is 24.5. The molecule has 0 rings (SSSR count). The maximum atomic E-state index is 12.5. The highest BCUT2D eigenvalue weighted by molar-refractivity contribution is 5.76. The van der Waals surface area contributed by atoms with Gasteiger partial charge in [0.1, 0.15) is 0 Å². The molecule has 0 aromatic carbocycles. The number of carbonyl (C=O) groups excluding carboxylic acids is 2. The number of aliphatic hydroxyl groups is 2. The number of carbonyl (C=O) groups is 2. The predicted molar refractivity (Wildman–Crippen MR) is 292 cm³/mol. The number of allylic oxidation sites excluding steroid dienone is 3. The molecule has 0 aliphatic carbocycles. The first-order valence-electron chi connectivity index (χ1n) is 30.1. The van der Waals surface area contributed by atoms with Crippen LogP contribution < -0.4 is 5.32 Å². The minimum atomic E-state index is -0.862. The Kier molecular flexibility index (Phi) is 55.5. The minimum Gasteiger partial charge on any atom is -0.466 e. The summed E-state index contributed by atoms with van der Waals surface area (Å²) in [6.07, 6.45) is 69.2. The van der Waals surface area contributed by atoms with Crippen LogP contribution in [0.3, 0.4) is 0 Å². The van der Waals surface area contributed by atoms with Gasteiger partial charge in [-0.2, -0.15) is 0 Å². The van der Waals surface area contributed by atoms with Crippen LogP contribution >= 0.6 is 0 Å². The van der Waals surface area contributed by atoms with E-state index in [2.05, 4.69) is 31.3 Å². The van der Waals surface area contributed by atoms with Gasteiger partial charge in [-0.1, -0.05) is 282 Å². The Bertz CT molecular complexity index is 1040.